The van der Waals surface area contributed by atoms with Gasteiger partial charge in [-0.1, -0.05) is 62.4 Å². The molecule has 0 aliphatic carbocycles. The molecule has 0 aliphatic heterocycles. The summed E-state index contributed by atoms with van der Waals surface area (Å²) in [7, 11) is 0. The van der Waals surface area contributed by atoms with Crippen LogP contribution in [0.15, 0.2) is 54.6 Å². The van der Waals surface area contributed by atoms with Crippen LogP contribution in [0, 0.1) is 0 Å². The van der Waals surface area contributed by atoms with Gasteiger partial charge in [-0.05, 0) is 28.3 Å². The molecule has 0 spiro atoms. The maximum atomic E-state index is 4.65. The Morgan fingerprint density at radius 2 is 1.70 bits per heavy atom. The zero-order valence-electron chi connectivity index (χ0n) is 16.9. The van der Waals surface area contributed by atoms with E-state index < -0.39 is 0 Å². The lowest BCUT2D eigenvalue weighted by Crippen LogP contribution is -2.04. The average Bonchev–Trinajstić information content (AvgIpc) is 3.52. The van der Waals surface area contributed by atoms with E-state index in [1.807, 2.05) is 18.2 Å². The van der Waals surface area contributed by atoms with Crippen molar-refractivity contribution in [2.45, 2.75) is 33.2 Å². The molecule has 0 atom stereocenters. The van der Waals surface area contributed by atoms with E-state index in [0.717, 1.165) is 53.2 Å². The molecular formula is C22H22N8. The maximum Gasteiger partial charge on any atom is 0.205 e. The summed E-state index contributed by atoms with van der Waals surface area (Å²) >= 11 is 0. The van der Waals surface area contributed by atoms with Gasteiger partial charge in [-0.2, -0.15) is 10.3 Å². The van der Waals surface area contributed by atoms with Gasteiger partial charge in [0.25, 0.3) is 0 Å². The molecule has 0 bridgehead atoms. The normalized spacial score (nSPS) is 11.4. The summed E-state index contributed by atoms with van der Waals surface area (Å²) in [6, 6.07) is 18.8. The summed E-state index contributed by atoms with van der Waals surface area (Å²) in [4.78, 5) is 0. The number of benzene rings is 2. The molecule has 0 saturated heterocycles. The second-order valence-electron chi connectivity index (χ2n) is 7.17. The number of hydrogen-bond acceptors (Lipinski definition) is 5. The molecule has 0 saturated carbocycles. The number of nitrogens with one attached hydrogen (secondary N) is 1. The van der Waals surface area contributed by atoms with E-state index in [4.69, 9.17) is 0 Å². The van der Waals surface area contributed by atoms with Crippen LogP contribution in [-0.4, -0.2) is 40.0 Å². The third-order valence-corrected chi connectivity index (χ3v) is 5.32. The quantitative estimate of drug-likeness (QED) is 0.472. The molecule has 8 nitrogen and oxygen atoms in total. The number of fused-ring (bicyclic) bond motifs is 1. The van der Waals surface area contributed by atoms with Crippen molar-refractivity contribution in [3.8, 4) is 22.5 Å². The SMILES string of the molecule is CCc1cc2n(Cc3ccc(-c4ccccc4-c4nn[nH]n4)cc3)c(CC)nn2n1. The lowest BCUT2D eigenvalue weighted by atomic mass is 9.98. The standard InChI is InChI=1S/C22H22N8/c1-3-17-13-21-29(20(4-2)26-30(21)25-17)14-15-9-11-16(12-10-15)18-7-5-6-8-19(18)22-23-27-28-24-22/h5-13H,3-4,14H2,1-2H3,(H,23,24,27,28). The van der Waals surface area contributed by atoms with Crippen LogP contribution in [0.25, 0.3) is 28.2 Å². The van der Waals surface area contributed by atoms with Crippen molar-refractivity contribution in [1.29, 1.82) is 0 Å². The Kier molecular flexibility index (Phi) is 4.59. The zero-order chi connectivity index (χ0) is 20.5. The van der Waals surface area contributed by atoms with Crippen LogP contribution < -0.4 is 0 Å². The molecule has 150 valence electrons. The molecule has 0 fully saturated rings. The third kappa shape index (κ3) is 3.16. The second kappa shape index (κ2) is 7.55. The predicted molar refractivity (Wildman–Crippen MR) is 114 cm³/mol. The Bertz CT molecular complexity index is 1280. The minimum Gasteiger partial charge on any atom is -0.307 e. The van der Waals surface area contributed by atoms with Crippen molar-refractivity contribution in [2.75, 3.05) is 0 Å². The molecule has 3 heterocycles. The van der Waals surface area contributed by atoms with Gasteiger partial charge in [-0.3, -0.25) is 0 Å². The van der Waals surface area contributed by atoms with Crippen LogP contribution in [0.1, 0.15) is 30.9 Å². The van der Waals surface area contributed by atoms with Gasteiger partial charge in [-0.25, -0.2) is 0 Å². The first-order valence-electron chi connectivity index (χ1n) is 10.1. The van der Waals surface area contributed by atoms with Gasteiger partial charge < -0.3 is 4.57 Å². The molecule has 5 rings (SSSR count). The Labute approximate surface area is 173 Å². The van der Waals surface area contributed by atoms with Gasteiger partial charge in [0.1, 0.15) is 5.82 Å². The van der Waals surface area contributed by atoms with E-state index in [2.05, 4.69) is 85.6 Å². The zero-order valence-corrected chi connectivity index (χ0v) is 16.9. The fourth-order valence-corrected chi connectivity index (χ4v) is 3.75. The van der Waals surface area contributed by atoms with E-state index in [0.29, 0.717) is 5.82 Å². The van der Waals surface area contributed by atoms with Crippen LogP contribution >= 0.6 is 0 Å². The molecule has 0 radical (unpaired) electrons. The van der Waals surface area contributed by atoms with Crippen LogP contribution in [0.3, 0.4) is 0 Å². The number of aromatic amines is 1. The summed E-state index contributed by atoms with van der Waals surface area (Å²) in [6.45, 7) is 4.99. The molecule has 30 heavy (non-hydrogen) atoms. The van der Waals surface area contributed by atoms with E-state index >= 15 is 0 Å². The summed E-state index contributed by atoms with van der Waals surface area (Å²) in [5.41, 5.74) is 6.45. The van der Waals surface area contributed by atoms with Crippen molar-refractivity contribution < 1.29 is 0 Å². The maximum absolute atomic E-state index is 4.65. The average molecular weight is 398 g/mol. The number of aryl methyl sites for hydroxylation is 2. The fraction of sp³-hybridized carbons (Fsp3) is 0.227. The first-order valence-corrected chi connectivity index (χ1v) is 10.1. The van der Waals surface area contributed by atoms with Crippen molar-refractivity contribution in [1.82, 2.24) is 40.0 Å². The Morgan fingerprint density at radius 1 is 0.900 bits per heavy atom. The Balaban J connectivity index is 1.47. The molecule has 2 aromatic carbocycles. The van der Waals surface area contributed by atoms with Gasteiger partial charge in [0.2, 0.25) is 5.82 Å². The van der Waals surface area contributed by atoms with Gasteiger partial charge in [0.15, 0.2) is 5.65 Å². The lowest BCUT2D eigenvalue weighted by molar-refractivity contribution is 0.733. The smallest absolute Gasteiger partial charge is 0.205 e. The molecule has 0 aliphatic rings. The highest BCUT2D eigenvalue weighted by Gasteiger charge is 2.14. The Morgan fingerprint density at radius 3 is 2.40 bits per heavy atom. The van der Waals surface area contributed by atoms with Crippen LogP contribution in [-0.2, 0) is 19.4 Å². The van der Waals surface area contributed by atoms with Crippen molar-refractivity contribution in [2.24, 2.45) is 0 Å². The molecule has 5 aromatic rings. The van der Waals surface area contributed by atoms with Gasteiger partial charge in [0.05, 0.1) is 12.2 Å². The first-order chi connectivity index (χ1) is 14.8. The van der Waals surface area contributed by atoms with Gasteiger partial charge in [-0.15, -0.1) is 19.9 Å². The molecule has 8 heteroatoms. The first kappa shape index (κ1) is 18.2. The van der Waals surface area contributed by atoms with Crippen molar-refractivity contribution in [3.05, 3.63) is 71.7 Å². The van der Waals surface area contributed by atoms with Crippen molar-refractivity contribution in [3.63, 3.8) is 0 Å². The predicted octanol–water partition coefficient (Wildman–Crippen LogP) is 3.55. The largest absolute Gasteiger partial charge is 0.307 e. The molecule has 0 amide bonds. The number of rotatable bonds is 6. The van der Waals surface area contributed by atoms with Gasteiger partial charge >= 0.3 is 0 Å². The van der Waals surface area contributed by atoms with Crippen LogP contribution in [0.5, 0.6) is 0 Å². The van der Waals surface area contributed by atoms with E-state index in [1.165, 1.54) is 5.56 Å². The monoisotopic (exact) mass is 398 g/mol. The second-order valence-corrected chi connectivity index (χ2v) is 7.17. The molecular weight excluding hydrogens is 376 g/mol. The minimum absolute atomic E-state index is 0.593. The highest BCUT2D eigenvalue weighted by molar-refractivity contribution is 5.80. The number of nitrogens with zero attached hydrogens (tertiary/aromatic N) is 7. The Hall–Kier alpha value is -3.81. The number of aromatic nitrogens is 8. The van der Waals surface area contributed by atoms with Crippen LogP contribution in [0.4, 0.5) is 0 Å². The highest BCUT2D eigenvalue weighted by Crippen LogP contribution is 2.30. The topological polar surface area (TPSA) is 89.6 Å². The fourth-order valence-electron chi connectivity index (χ4n) is 3.75. The summed E-state index contributed by atoms with van der Waals surface area (Å²) in [5, 5.41) is 23.7. The van der Waals surface area contributed by atoms with Crippen LogP contribution in [0.2, 0.25) is 0 Å². The lowest BCUT2D eigenvalue weighted by Gasteiger charge is -2.10. The summed E-state index contributed by atoms with van der Waals surface area (Å²) in [5.74, 6) is 1.63. The van der Waals surface area contributed by atoms with E-state index in [9.17, 15) is 0 Å². The minimum atomic E-state index is 0.593. The molecule has 0 unspecified atom stereocenters. The summed E-state index contributed by atoms with van der Waals surface area (Å²) in [6.07, 6.45) is 1.76. The number of H-pyrrole nitrogens is 1. The summed E-state index contributed by atoms with van der Waals surface area (Å²) < 4.78 is 4.00. The number of hydrogen-bond donors (Lipinski definition) is 1. The third-order valence-electron chi connectivity index (χ3n) is 5.32. The molecule has 1 N–H and O–H groups in total. The van der Waals surface area contributed by atoms with E-state index in [-0.39, 0.29) is 0 Å². The molecule has 3 aromatic heterocycles. The van der Waals surface area contributed by atoms with Crippen molar-refractivity contribution >= 4 is 5.65 Å². The van der Waals surface area contributed by atoms with Gasteiger partial charge in [0, 0.05) is 18.1 Å². The number of tetrazole rings is 1. The highest BCUT2D eigenvalue weighted by atomic mass is 15.5. The van der Waals surface area contributed by atoms with E-state index in [1.54, 1.807) is 4.63 Å².